The van der Waals surface area contributed by atoms with Crippen LogP contribution in [0.3, 0.4) is 0 Å². The maximum atomic E-state index is 9.18. The fourth-order valence-electron chi connectivity index (χ4n) is 2.42. The second-order valence-corrected chi connectivity index (χ2v) is 6.68. The van der Waals surface area contributed by atoms with Crippen molar-refractivity contribution in [1.82, 2.24) is 4.98 Å². The minimum Gasteiger partial charge on any atom is -0.383 e. The topological polar surface area (TPSA) is 86.5 Å². The van der Waals surface area contributed by atoms with Crippen LogP contribution in [0.15, 0.2) is 11.1 Å². The highest BCUT2D eigenvalue weighted by atomic mass is 32.2. The van der Waals surface area contributed by atoms with E-state index in [0.29, 0.717) is 15.8 Å². The van der Waals surface area contributed by atoms with Crippen molar-refractivity contribution < 1.29 is 0 Å². The Hall–Kier alpha value is -1.72. The molecule has 0 unspecified atom stereocenters. The van der Waals surface area contributed by atoms with Crippen molar-refractivity contribution in [3.8, 4) is 12.1 Å². The molecule has 4 nitrogen and oxygen atoms in total. The first kappa shape index (κ1) is 13.7. The van der Waals surface area contributed by atoms with Crippen LogP contribution < -0.4 is 5.73 Å². The van der Waals surface area contributed by atoms with Crippen LogP contribution in [0.25, 0.3) is 0 Å². The first-order valence-electron chi connectivity index (χ1n) is 6.25. The Morgan fingerprint density at radius 1 is 1.37 bits per heavy atom. The number of thioether (sulfide) groups is 1. The van der Waals surface area contributed by atoms with Gasteiger partial charge < -0.3 is 5.73 Å². The number of nitrogen functional groups attached to an aromatic ring is 1. The number of hydrogen-bond donors (Lipinski definition) is 1. The predicted molar refractivity (Wildman–Crippen MR) is 75.4 cm³/mol. The lowest BCUT2D eigenvalue weighted by atomic mass is 9.92. The van der Waals surface area contributed by atoms with Crippen molar-refractivity contribution in [2.75, 3.05) is 5.73 Å². The monoisotopic (exact) mass is 272 g/mol. The summed E-state index contributed by atoms with van der Waals surface area (Å²) in [6, 6.07) is 5.60. The van der Waals surface area contributed by atoms with E-state index in [1.807, 2.05) is 6.07 Å². The Balaban J connectivity index is 2.34. The predicted octanol–water partition coefficient (Wildman–Crippen LogP) is 3.08. The first-order valence-corrected chi connectivity index (χ1v) is 7.13. The summed E-state index contributed by atoms with van der Waals surface area (Å²) in [5, 5.41) is 19.2. The Morgan fingerprint density at radius 2 is 2.05 bits per heavy atom. The van der Waals surface area contributed by atoms with Crippen LogP contribution >= 0.6 is 11.8 Å². The molecule has 1 atom stereocenters. The summed E-state index contributed by atoms with van der Waals surface area (Å²) in [6.45, 7) is 4.49. The fraction of sp³-hybridized carbons (Fsp3) is 0.500. The molecular formula is C14H16N4S. The van der Waals surface area contributed by atoms with Gasteiger partial charge in [0.15, 0.2) is 0 Å². The molecule has 1 saturated carbocycles. The van der Waals surface area contributed by atoms with Crippen molar-refractivity contribution >= 4 is 17.6 Å². The van der Waals surface area contributed by atoms with Crippen LogP contribution in [-0.4, -0.2) is 10.2 Å². The Morgan fingerprint density at radius 3 is 2.58 bits per heavy atom. The lowest BCUT2D eigenvalue weighted by Gasteiger charge is -2.26. The lowest BCUT2D eigenvalue weighted by Crippen LogP contribution is -2.20. The molecule has 98 valence electrons. The molecule has 0 amide bonds. The van der Waals surface area contributed by atoms with Crippen LogP contribution in [0.4, 0.5) is 5.82 Å². The summed E-state index contributed by atoms with van der Waals surface area (Å²) in [5.41, 5.74) is 6.71. The van der Waals surface area contributed by atoms with Gasteiger partial charge in [-0.3, -0.25) is 0 Å². The highest BCUT2D eigenvalue weighted by Gasteiger charge is 2.35. The molecule has 0 aliphatic heterocycles. The fourth-order valence-corrected chi connectivity index (χ4v) is 3.79. The lowest BCUT2D eigenvalue weighted by molar-refractivity contribution is 0.393. The minimum atomic E-state index is 0.208. The number of nitrogens with two attached hydrogens (primary N) is 1. The summed E-state index contributed by atoms with van der Waals surface area (Å²) < 4.78 is 0. The van der Waals surface area contributed by atoms with E-state index in [1.54, 1.807) is 11.8 Å². The zero-order chi connectivity index (χ0) is 14.0. The molecule has 0 saturated heterocycles. The second-order valence-electron chi connectivity index (χ2n) is 5.48. The van der Waals surface area contributed by atoms with E-state index in [2.05, 4.69) is 24.9 Å². The normalized spacial score (nSPS) is 20.7. The molecule has 1 fully saturated rings. The SMILES string of the molecule is CC1(C)CCC[C@@H]1Sc1nc(N)c(C#N)cc1C#N. The standard InChI is InChI=1S/C14H16N4S/c1-14(2)5-3-4-11(14)19-13-10(8-16)6-9(7-15)12(17)18-13/h6,11H,3-5H2,1-2H3,(H2,17,18)/t11-/m0/s1. The number of pyridine rings is 1. The Labute approximate surface area is 117 Å². The molecular weight excluding hydrogens is 256 g/mol. The molecule has 5 heteroatoms. The number of hydrogen-bond acceptors (Lipinski definition) is 5. The number of nitriles is 2. The van der Waals surface area contributed by atoms with E-state index < -0.39 is 0 Å². The van der Waals surface area contributed by atoms with Gasteiger partial charge in [0.2, 0.25) is 0 Å². The largest absolute Gasteiger partial charge is 0.383 e. The van der Waals surface area contributed by atoms with E-state index in [9.17, 15) is 5.26 Å². The van der Waals surface area contributed by atoms with Crippen molar-refractivity contribution in [2.24, 2.45) is 5.41 Å². The zero-order valence-corrected chi connectivity index (χ0v) is 11.9. The third kappa shape index (κ3) is 2.67. The van der Waals surface area contributed by atoms with Crippen molar-refractivity contribution in [3.63, 3.8) is 0 Å². The third-order valence-electron chi connectivity index (χ3n) is 3.67. The van der Waals surface area contributed by atoms with E-state index >= 15 is 0 Å². The van der Waals surface area contributed by atoms with Gasteiger partial charge in [0.25, 0.3) is 0 Å². The van der Waals surface area contributed by atoms with Crippen LogP contribution in [0.1, 0.15) is 44.2 Å². The molecule has 2 N–H and O–H groups in total. The van der Waals surface area contributed by atoms with Gasteiger partial charge in [-0.25, -0.2) is 4.98 Å². The van der Waals surface area contributed by atoms with E-state index in [-0.39, 0.29) is 16.8 Å². The molecule has 1 aromatic heterocycles. The highest BCUT2D eigenvalue weighted by molar-refractivity contribution is 8.00. The molecule has 0 radical (unpaired) electrons. The molecule has 0 bridgehead atoms. The summed E-state index contributed by atoms with van der Waals surface area (Å²) in [5.74, 6) is 0.208. The molecule has 2 rings (SSSR count). The summed E-state index contributed by atoms with van der Waals surface area (Å²) >= 11 is 1.62. The number of aromatic nitrogens is 1. The molecule has 19 heavy (non-hydrogen) atoms. The van der Waals surface area contributed by atoms with Crippen molar-refractivity contribution in [1.29, 1.82) is 10.5 Å². The van der Waals surface area contributed by atoms with Crippen LogP contribution in [0.5, 0.6) is 0 Å². The van der Waals surface area contributed by atoms with Crippen LogP contribution in [0, 0.1) is 28.1 Å². The molecule has 0 aromatic carbocycles. The summed E-state index contributed by atoms with van der Waals surface area (Å²) in [4.78, 5) is 4.24. The number of nitrogens with zero attached hydrogens (tertiary/aromatic N) is 3. The van der Waals surface area contributed by atoms with E-state index in [1.165, 1.54) is 18.9 Å². The van der Waals surface area contributed by atoms with Gasteiger partial charge >= 0.3 is 0 Å². The summed E-state index contributed by atoms with van der Waals surface area (Å²) in [6.07, 6.45) is 3.53. The van der Waals surface area contributed by atoms with Gasteiger partial charge in [-0.05, 0) is 24.3 Å². The molecule has 1 aliphatic carbocycles. The third-order valence-corrected chi connectivity index (χ3v) is 5.36. The van der Waals surface area contributed by atoms with Gasteiger partial charge in [0, 0.05) is 5.25 Å². The quantitative estimate of drug-likeness (QED) is 0.894. The number of anilines is 1. The van der Waals surface area contributed by atoms with E-state index in [0.717, 1.165) is 6.42 Å². The van der Waals surface area contributed by atoms with Gasteiger partial charge in [-0.15, -0.1) is 11.8 Å². The smallest absolute Gasteiger partial charge is 0.142 e. The van der Waals surface area contributed by atoms with Gasteiger partial charge in [-0.1, -0.05) is 20.3 Å². The van der Waals surface area contributed by atoms with Gasteiger partial charge in [0.05, 0.1) is 11.1 Å². The highest BCUT2D eigenvalue weighted by Crippen LogP contribution is 2.47. The Bertz CT molecular complexity index is 580. The Kier molecular flexibility index (Phi) is 3.68. The van der Waals surface area contributed by atoms with Crippen LogP contribution in [-0.2, 0) is 0 Å². The number of rotatable bonds is 2. The van der Waals surface area contributed by atoms with Gasteiger partial charge in [0.1, 0.15) is 23.0 Å². The maximum Gasteiger partial charge on any atom is 0.142 e. The average molecular weight is 272 g/mol. The van der Waals surface area contributed by atoms with Gasteiger partial charge in [-0.2, -0.15) is 10.5 Å². The average Bonchev–Trinajstić information content (AvgIpc) is 2.69. The maximum absolute atomic E-state index is 9.18. The molecule has 0 spiro atoms. The van der Waals surface area contributed by atoms with Crippen LogP contribution in [0.2, 0.25) is 0 Å². The first-order chi connectivity index (χ1) is 8.97. The second kappa shape index (κ2) is 5.11. The molecule has 1 aliphatic rings. The van der Waals surface area contributed by atoms with Crippen molar-refractivity contribution in [3.05, 3.63) is 17.2 Å². The summed E-state index contributed by atoms with van der Waals surface area (Å²) in [7, 11) is 0. The molecule has 1 heterocycles. The minimum absolute atomic E-state index is 0.208. The zero-order valence-electron chi connectivity index (χ0n) is 11.1. The van der Waals surface area contributed by atoms with E-state index in [4.69, 9.17) is 11.0 Å². The molecule has 1 aromatic rings. The van der Waals surface area contributed by atoms with Crippen molar-refractivity contribution in [2.45, 2.75) is 43.4 Å².